The van der Waals surface area contributed by atoms with Crippen molar-refractivity contribution in [3.05, 3.63) is 136 Å². The highest BCUT2D eigenvalue weighted by Crippen LogP contribution is 2.42. The second-order valence-corrected chi connectivity index (χ2v) is 11.4. The molecule has 0 saturated carbocycles. The molecule has 194 valence electrons. The fourth-order valence-electron chi connectivity index (χ4n) is 4.16. The zero-order valence-corrected chi connectivity index (χ0v) is 23.1. The van der Waals surface area contributed by atoms with Gasteiger partial charge >= 0.3 is 5.97 Å². The van der Waals surface area contributed by atoms with E-state index in [4.69, 9.17) is 4.74 Å². The highest BCUT2D eigenvalue weighted by molar-refractivity contribution is 9.10. The number of ether oxygens (including phenoxy) is 1. The van der Waals surface area contributed by atoms with E-state index in [0.717, 1.165) is 9.87 Å². The Bertz CT molecular complexity index is 1790. The Kier molecular flexibility index (Phi) is 7.32. The molecular weight excluding hydrogens is 578 g/mol. The molecule has 6 nitrogen and oxygen atoms in total. The number of carbonyl (C=O) groups is 2. The molecule has 0 spiro atoms. The number of halogens is 1. The fraction of sp³-hybridized carbons (Fsp3) is 0.0323. The summed E-state index contributed by atoms with van der Waals surface area (Å²) in [6.07, 6.45) is 0. The number of hydrogen-bond donors (Lipinski definition) is 0. The van der Waals surface area contributed by atoms with Gasteiger partial charge in [-0.05, 0) is 65.3 Å². The Hall–Kier alpha value is -4.27. The predicted octanol–water partition coefficient (Wildman–Crippen LogP) is 7.17. The normalized spacial score (nSPS) is 11.2. The number of sulfonamides is 1. The lowest BCUT2D eigenvalue weighted by Crippen LogP contribution is -2.37. The van der Waals surface area contributed by atoms with Crippen LogP contribution in [0.4, 0.5) is 5.69 Å². The predicted molar refractivity (Wildman–Crippen MR) is 155 cm³/mol. The number of carbonyl (C=O) groups excluding carboxylic acids is 2. The van der Waals surface area contributed by atoms with Crippen LogP contribution in [0.5, 0.6) is 5.75 Å². The summed E-state index contributed by atoms with van der Waals surface area (Å²) in [5.41, 5.74) is 1.56. The molecule has 0 saturated heterocycles. The third kappa shape index (κ3) is 5.21. The van der Waals surface area contributed by atoms with Gasteiger partial charge in [0.2, 0.25) is 0 Å². The zero-order chi connectivity index (χ0) is 27.6. The monoisotopic (exact) mass is 599 g/mol. The van der Waals surface area contributed by atoms with Crippen LogP contribution in [-0.2, 0) is 10.0 Å². The van der Waals surface area contributed by atoms with Gasteiger partial charge in [-0.3, -0.25) is 4.79 Å². The summed E-state index contributed by atoms with van der Waals surface area (Å²) in [4.78, 5) is 26.7. The molecule has 8 heteroatoms. The molecule has 0 aliphatic carbocycles. The minimum atomic E-state index is -4.35. The van der Waals surface area contributed by atoms with E-state index >= 15 is 0 Å². The highest BCUT2D eigenvalue weighted by atomic mass is 79.9. The average molecular weight is 600 g/mol. The van der Waals surface area contributed by atoms with Gasteiger partial charge in [0.25, 0.3) is 15.9 Å². The largest absolute Gasteiger partial charge is 0.421 e. The van der Waals surface area contributed by atoms with Crippen molar-refractivity contribution in [3.8, 4) is 5.75 Å². The summed E-state index contributed by atoms with van der Waals surface area (Å²) in [6.45, 7) is 1.85. The number of hydrogen-bond acceptors (Lipinski definition) is 5. The van der Waals surface area contributed by atoms with Gasteiger partial charge in [-0.15, -0.1) is 0 Å². The number of esters is 1. The maximum atomic E-state index is 14.1. The van der Waals surface area contributed by atoms with Crippen LogP contribution in [0.3, 0.4) is 0 Å². The smallest absolute Gasteiger partial charge is 0.343 e. The lowest BCUT2D eigenvalue weighted by molar-refractivity contribution is 0.0735. The maximum absolute atomic E-state index is 14.1. The Morgan fingerprint density at radius 1 is 0.718 bits per heavy atom. The topological polar surface area (TPSA) is 80.8 Å². The van der Waals surface area contributed by atoms with E-state index in [-0.39, 0.29) is 21.9 Å². The lowest BCUT2D eigenvalue weighted by atomic mass is 10.1. The highest BCUT2D eigenvalue weighted by Gasteiger charge is 2.34. The molecule has 0 aliphatic heterocycles. The minimum absolute atomic E-state index is 0.0304. The number of benzene rings is 5. The molecule has 0 N–H and O–H groups in total. The van der Waals surface area contributed by atoms with Crippen LogP contribution in [-0.4, -0.2) is 20.3 Å². The standard InChI is InChI=1S/C31H22BrNO5S/c1-21-16-18-24(19-17-21)39(36,37)33(30(34)22-10-4-2-5-11-22)28-20-27(32)29(26-15-9-8-14-25(26)28)38-31(35)23-12-6-3-7-13-23/h2-20H,1H3. The Labute approximate surface area is 234 Å². The molecule has 0 fully saturated rings. The second-order valence-electron chi connectivity index (χ2n) is 8.76. The van der Waals surface area contributed by atoms with Gasteiger partial charge in [-0.2, -0.15) is 4.31 Å². The molecule has 0 unspecified atom stereocenters. The fourth-order valence-corrected chi connectivity index (χ4v) is 6.09. The molecule has 5 rings (SSSR count). The van der Waals surface area contributed by atoms with Gasteiger partial charge in [0.15, 0.2) is 5.75 Å². The first-order chi connectivity index (χ1) is 18.8. The van der Waals surface area contributed by atoms with Crippen molar-refractivity contribution in [3.63, 3.8) is 0 Å². The molecule has 0 radical (unpaired) electrons. The molecule has 0 bridgehead atoms. The van der Waals surface area contributed by atoms with E-state index in [1.54, 1.807) is 97.1 Å². The van der Waals surface area contributed by atoms with E-state index in [0.29, 0.717) is 20.8 Å². The first-order valence-corrected chi connectivity index (χ1v) is 14.2. The van der Waals surface area contributed by atoms with Crippen LogP contribution in [0.2, 0.25) is 0 Å². The van der Waals surface area contributed by atoms with Crippen LogP contribution >= 0.6 is 15.9 Å². The summed E-state index contributed by atoms with van der Waals surface area (Å²) in [5, 5.41) is 0.868. The van der Waals surface area contributed by atoms with Crippen LogP contribution < -0.4 is 9.04 Å². The van der Waals surface area contributed by atoms with Crippen LogP contribution in [0.25, 0.3) is 10.8 Å². The second kappa shape index (κ2) is 10.8. The summed E-state index contributed by atoms with van der Waals surface area (Å²) >= 11 is 3.47. The quantitative estimate of drug-likeness (QED) is 0.153. The number of anilines is 1. The molecule has 39 heavy (non-hydrogen) atoms. The van der Waals surface area contributed by atoms with Crippen molar-refractivity contribution in [2.24, 2.45) is 0 Å². The summed E-state index contributed by atoms with van der Waals surface area (Å²) < 4.78 is 35.0. The van der Waals surface area contributed by atoms with E-state index in [9.17, 15) is 18.0 Å². The number of amides is 1. The van der Waals surface area contributed by atoms with Gasteiger partial charge in [-0.25, -0.2) is 13.2 Å². The molecule has 0 atom stereocenters. The molecular formula is C31H22BrNO5S. The van der Waals surface area contributed by atoms with E-state index in [1.807, 2.05) is 6.92 Å². The van der Waals surface area contributed by atoms with Crippen LogP contribution in [0, 0.1) is 6.92 Å². The molecule has 0 aliphatic rings. The minimum Gasteiger partial charge on any atom is -0.421 e. The van der Waals surface area contributed by atoms with E-state index in [1.165, 1.54) is 18.2 Å². The Balaban J connectivity index is 1.71. The number of fused-ring (bicyclic) bond motifs is 1. The van der Waals surface area contributed by atoms with Crippen molar-refractivity contribution in [1.29, 1.82) is 0 Å². The zero-order valence-electron chi connectivity index (χ0n) is 20.7. The third-order valence-corrected chi connectivity index (χ3v) is 8.42. The van der Waals surface area contributed by atoms with Crippen molar-refractivity contribution in [2.75, 3.05) is 4.31 Å². The average Bonchev–Trinajstić information content (AvgIpc) is 2.96. The van der Waals surface area contributed by atoms with Crippen molar-refractivity contribution in [1.82, 2.24) is 0 Å². The van der Waals surface area contributed by atoms with E-state index < -0.39 is 21.9 Å². The third-order valence-electron chi connectivity index (χ3n) is 6.12. The summed E-state index contributed by atoms with van der Waals surface area (Å²) in [5.74, 6) is -1.08. The number of nitrogens with zero attached hydrogens (tertiary/aromatic N) is 1. The molecule has 1 amide bonds. The van der Waals surface area contributed by atoms with Gasteiger partial charge in [0, 0.05) is 16.3 Å². The van der Waals surface area contributed by atoms with Crippen molar-refractivity contribution in [2.45, 2.75) is 11.8 Å². The molecule has 0 aromatic heterocycles. The SMILES string of the molecule is Cc1ccc(S(=O)(=O)N(C(=O)c2ccccc2)c2cc(Br)c(OC(=O)c3ccccc3)c3ccccc23)cc1. The van der Waals surface area contributed by atoms with Crippen molar-refractivity contribution >= 4 is 54.3 Å². The van der Waals surface area contributed by atoms with Crippen LogP contribution in [0.15, 0.2) is 125 Å². The van der Waals surface area contributed by atoms with Gasteiger partial charge in [-0.1, -0.05) is 78.4 Å². The maximum Gasteiger partial charge on any atom is 0.343 e. The molecule has 5 aromatic rings. The molecule has 0 heterocycles. The van der Waals surface area contributed by atoms with E-state index in [2.05, 4.69) is 15.9 Å². The Morgan fingerprint density at radius 3 is 1.87 bits per heavy atom. The Morgan fingerprint density at radius 2 is 1.26 bits per heavy atom. The first kappa shape index (κ1) is 26.3. The summed E-state index contributed by atoms with van der Waals surface area (Å²) in [7, 11) is -4.35. The van der Waals surface area contributed by atoms with Gasteiger partial charge in [0.1, 0.15) is 0 Å². The summed E-state index contributed by atoms with van der Waals surface area (Å²) in [6, 6.07) is 31.4. The first-order valence-electron chi connectivity index (χ1n) is 12.0. The number of rotatable bonds is 6. The van der Waals surface area contributed by atoms with Crippen molar-refractivity contribution < 1.29 is 22.7 Å². The van der Waals surface area contributed by atoms with Gasteiger partial charge < -0.3 is 4.74 Å². The molecule has 5 aromatic carbocycles. The van der Waals surface area contributed by atoms with Gasteiger partial charge in [0.05, 0.1) is 20.6 Å². The lowest BCUT2D eigenvalue weighted by Gasteiger charge is -2.25. The van der Waals surface area contributed by atoms with Crippen LogP contribution in [0.1, 0.15) is 26.3 Å². The number of aryl methyl sites for hydroxylation is 1.